The van der Waals surface area contributed by atoms with Gasteiger partial charge in [0.2, 0.25) is 0 Å². The van der Waals surface area contributed by atoms with Crippen molar-refractivity contribution in [1.29, 1.82) is 0 Å². The average Bonchev–Trinajstić information content (AvgIpc) is 3.12. The smallest absolute Gasteiger partial charge is 0.255 e. The van der Waals surface area contributed by atoms with Crippen LogP contribution >= 0.6 is 11.3 Å². The molecule has 1 amide bonds. The van der Waals surface area contributed by atoms with E-state index in [1.807, 2.05) is 32.0 Å². The summed E-state index contributed by atoms with van der Waals surface area (Å²) in [5.74, 6) is 0.544. The van der Waals surface area contributed by atoms with Crippen LogP contribution in [0.1, 0.15) is 25.9 Å². The number of aromatic nitrogens is 4. The van der Waals surface area contributed by atoms with Crippen LogP contribution in [0.25, 0.3) is 5.82 Å². The third-order valence-corrected chi connectivity index (χ3v) is 4.13. The zero-order valence-corrected chi connectivity index (χ0v) is 13.1. The minimum atomic E-state index is -0.147. The summed E-state index contributed by atoms with van der Waals surface area (Å²) in [6, 6.07) is 5.57. The van der Waals surface area contributed by atoms with Crippen molar-refractivity contribution in [3.8, 4) is 5.82 Å². The van der Waals surface area contributed by atoms with Crippen LogP contribution in [0.2, 0.25) is 0 Å². The lowest BCUT2D eigenvalue weighted by Crippen LogP contribution is -2.22. The first-order valence-electron chi connectivity index (χ1n) is 6.80. The summed E-state index contributed by atoms with van der Waals surface area (Å²) < 4.78 is 1.66. The summed E-state index contributed by atoms with van der Waals surface area (Å²) in [5, 5.41) is 8.13. The van der Waals surface area contributed by atoms with Crippen molar-refractivity contribution in [1.82, 2.24) is 25.1 Å². The zero-order chi connectivity index (χ0) is 15.5. The molecule has 0 radical (unpaired) electrons. The van der Waals surface area contributed by atoms with Crippen LogP contribution < -0.4 is 5.32 Å². The molecule has 6 nitrogen and oxygen atoms in total. The van der Waals surface area contributed by atoms with Crippen molar-refractivity contribution in [2.24, 2.45) is 0 Å². The molecule has 0 aliphatic carbocycles. The van der Waals surface area contributed by atoms with Gasteiger partial charge in [-0.25, -0.2) is 14.6 Å². The molecule has 0 saturated carbocycles. The van der Waals surface area contributed by atoms with E-state index in [1.54, 1.807) is 34.6 Å². The lowest BCUT2D eigenvalue weighted by molar-refractivity contribution is 0.0950. The Kier molecular flexibility index (Phi) is 3.97. The molecule has 3 aromatic rings. The number of thiazole rings is 1. The van der Waals surface area contributed by atoms with Gasteiger partial charge in [-0.1, -0.05) is 6.07 Å². The number of amides is 1. The van der Waals surface area contributed by atoms with E-state index in [0.29, 0.717) is 17.9 Å². The monoisotopic (exact) mass is 313 g/mol. The van der Waals surface area contributed by atoms with Crippen molar-refractivity contribution >= 4 is 17.2 Å². The topological polar surface area (TPSA) is 72.7 Å². The predicted molar refractivity (Wildman–Crippen MR) is 84.1 cm³/mol. The minimum Gasteiger partial charge on any atom is -0.347 e. The van der Waals surface area contributed by atoms with Gasteiger partial charge in [0.1, 0.15) is 0 Å². The Balaban J connectivity index is 1.75. The Bertz CT molecular complexity index is 793. The molecule has 3 aromatic heterocycles. The molecule has 0 aliphatic heterocycles. The van der Waals surface area contributed by atoms with E-state index in [-0.39, 0.29) is 5.91 Å². The number of nitrogens with zero attached hydrogens (tertiary/aromatic N) is 4. The van der Waals surface area contributed by atoms with Crippen molar-refractivity contribution in [3.05, 3.63) is 57.9 Å². The number of carbonyl (C=O) groups excluding carboxylic acids is 1. The van der Waals surface area contributed by atoms with Crippen molar-refractivity contribution in [2.75, 3.05) is 0 Å². The largest absolute Gasteiger partial charge is 0.347 e. The van der Waals surface area contributed by atoms with Gasteiger partial charge in [0.25, 0.3) is 5.91 Å². The second-order valence-electron chi connectivity index (χ2n) is 4.77. The quantitative estimate of drug-likeness (QED) is 0.802. The fourth-order valence-electron chi connectivity index (χ4n) is 2.09. The molecule has 0 atom stereocenters. The first-order valence-corrected chi connectivity index (χ1v) is 7.62. The molecule has 0 aromatic carbocycles. The Hall–Kier alpha value is -2.54. The standard InChI is InChI=1S/C15H15N5OS/c1-10-13(9-19-20(10)14-5-3-4-6-16-14)15(21)18-8-12-7-17-11(2)22-12/h3-7,9H,8H2,1-2H3,(H,18,21). The molecular formula is C15H15N5OS. The van der Waals surface area contributed by atoms with Crippen LogP contribution in [-0.2, 0) is 6.54 Å². The molecular weight excluding hydrogens is 298 g/mol. The predicted octanol–water partition coefficient (Wildman–Crippen LogP) is 2.27. The maximum absolute atomic E-state index is 12.3. The summed E-state index contributed by atoms with van der Waals surface area (Å²) >= 11 is 1.57. The van der Waals surface area contributed by atoms with Crippen LogP contribution in [0, 0.1) is 13.8 Å². The van der Waals surface area contributed by atoms with Crippen molar-refractivity contribution in [3.63, 3.8) is 0 Å². The summed E-state index contributed by atoms with van der Waals surface area (Å²) in [7, 11) is 0. The average molecular weight is 313 g/mol. The highest BCUT2D eigenvalue weighted by atomic mass is 32.1. The Morgan fingerprint density at radius 2 is 2.14 bits per heavy atom. The summed E-state index contributed by atoms with van der Waals surface area (Å²) in [6.45, 7) is 4.27. The zero-order valence-electron chi connectivity index (χ0n) is 12.3. The lowest BCUT2D eigenvalue weighted by Gasteiger charge is -2.05. The maximum atomic E-state index is 12.3. The number of pyridine rings is 1. The molecule has 22 heavy (non-hydrogen) atoms. The fraction of sp³-hybridized carbons (Fsp3) is 0.200. The first-order chi connectivity index (χ1) is 10.6. The highest BCUT2D eigenvalue weighted by molar-refractivity contribution is 7.11. The van der Waals surface area contributed by atoms with E-state index in [9.17, 15) is 4.79 Å². The molecule has 0 aliphatic rings. The Morgan fingerprint density at radius 3 is 2.82 bits per heavy atom. The number of aryl methyl sites for hydroxylation is 1. The molecule has 112 valence electrons. The van der Waals surface area contributed by atoms with E-state index < -0.39 is 0 Å². The summed E-state index contributed by atoms with van der Waals surface area (Å²) in [4.78, 5) is 21.7. The van der Waals surface area contributed by atoms with E-state index in [2.05, 4.69) is 20.4 Å². The number of hydrogen-bond donors (Lipinski definition) is 1. The fourth-order valence-corrected chi connectivity index (χ4v) is 2.83. The molecule has 3 rings (SSSR count). The molecule has 0 bridgehead atoms. The number of carbonyl (C=O) groups is 1. The lowest BCUT2D eigenvalue weighted by atomic mass is 10.2. The molecule has 0 fully saturated rings. The minimum absolute atomic E-state index is 0.147. The van der Waals surface area contributed by atoms with Gasteiger partial charge >= 0.3 is 0 Å². The molecule has 1 N–H and O–H groups in total. The molecule has 0 saturated heterocycles. The molecule has 0 spiro atoms. The van der Waals surface area contributed by atoms with Gasteiger partial charge < -0.3 is 5.32 Å². The van der Waals surface area contributed by atoms with E-state index in [1.165, 1.54) is 0 Å². The second-order valence-corrected chi connectivity index (χ2v) is 6.09. The van der Waals surface area contributed by atoms with Crippen molar-refractivity contribution < 1.29 is 4.79 Å². The second kappa shape index (κ2) is 6.07. The highest BCUT2D eigenvalue weighted by Crippen LogP contribution is 2.14. The van der Waals surface area contributed by atoms with Gasteiger partial charge in [-0.15, -0.1) is 11.3 Å². The molecule has 3 heterocycles. The van der Waals surface area contributed by atoms with Crippen LogP contribution in [0.3, 0.4) is 0 Å². The molecule has 7 heteroatoms. The van der Waals surface area contributed by atoms with Crippen LogP contribution in [0.15, 0.2) is 36.8 Å². The maximum Gasteiger partial charge on any atom is 0.255 e. The van der Waals surface area contributed by atoms with Crippen LogP contribution in [0.5, 0.6) is 0 Å². The van der Waals surface area contributed by atoms with Gasteiger partial charge in [0.15, 0.2) is 5.82 Å². The van der Waals surface area contributed by atoms with Gasteiger partial charge in [0.05, 0.1) is 29.0 Å². The Morgan fingerprint density at radius 1 is 1.27 bits per heavy atom. The molecule has 0 unspecified atom stereocenters. The third-order valence-electron chi connectivity index (χ3n) is 3.21. The SMILES string of the molecule is Cc1ncc(CNC(=O)c2cnn(-c3ccccn3)c2C)s1. The van der Waals surface area contributed by atoms with Crippen molar-refractivity contribution in [2.45, 2.75) is 20.4 Å². The van der Waals surface area contributed by atoms with Gasteiger partial charge in [-0.3, -0.25) is 4.79 Å². The van der Waals surface area contributed by atoms with E-state index >= 15 is 0 Å². The van der Waals surface area contributed by atoms with Gasteiger partial charge in [-0.2, -0.15) is 5.10 Å². The number of rotatable bonds is 4. The third kappa shape index (κ3) is 2.89. The van der Waals surface area contributed by atoms with Crippen LogP contribution in [0.4, 0.5) is 0 Å². The summed E-state index contributed by atoms with van der Waals surface area (Å²) in [6.07, 6.45) is 5.05. The van der Waals surface area contributed by atoms with Gasteiger partial charge in [0, 0.05) is 17.3 Å². The normalized spacial score (nSPS) is 10.6. The van der Waals surface area contributed by atoms with E-state index in [0.717, 1.165) is 15.6 Å². The highest BCUT2D eigenvalue weighted by Gasteiger charge is 2.15. The first kappa shape index (κ1) is 14.4. The number of hydrogen-bond acceptors (Lipinski definition) is 5. The van der Waals surface area contributed by atoms with Crippen LogP contribution in [-0.4, -0.2) is 25.7 Å². The van der Waals surface area contributed by atoms with Gasteiger partial charge in [-0.05, 0) is 26.0 Å². The Labute approximate surface area is 131 Å². The van der Waals surface area contributed by atoms with E-state index in [4.69, 9.17) is 0 Å². The number of nitrogens with one attached hydrogen (secondary N) is 1. The summed E-state index contributed by atoms with van der Waals surface area (Å²) in [5.41, 5.74) is 1.31.